The third kappa shape index (κ3) is 1.74. The van der Waals surface area contributed by atoms with Gasteiger partial charge in [0.2, 0.25) is 0 Å². The van der Waals surface area contributed by atoms with Crippen LogP contribution in [-0.2, 0) is 12.6 Å². The van der Waals surface area contributed by atoms with Crippen molar-refractivity contribution in [3.63, 3.8) is 0 Å². The van der Waals surface area contributed by atoms with Crippen LogP contribution in [0.3, 0.4) is 0 Å². The Labute approximate surface area is 89.3 Å². The number of rotatable bonds is 1. The zero-order valence-electron chi connectivity index (χ0n) is 8.10. The average Bonchev–Trinajstić information content (AvgIpc) is 2.60. The Hall–Kier alpha value is -1.96. The van der Waals surface area contributed by atoms with E-state index in [1.165, 1.54) is 6.07 Å². The molecule has 0 atom stereocenters. The van der Waals surface area contributed by atoms with Crippen LogP contribution >= 0.6 is 0 Å². The fraction of sp³-hybridized carbons (Fsp3) is 0.182. The molecule has 0 unspecified atom stereocenters. The molecule has 0 fully saturated rings. The number of aromatic amines is 1. The quantitative estimate of drug-likeness (QED) is 0.793. The molecule has 0 spiro atoms. The number of hydrogen-bond donors (Lipinski definition) is 1. The molecular weight excluding hydrogens is 217 g/mol. The molecule has 82 valence electrons. The van der Waals surface area contributed by atoms with Gasteiger partial charge in [-0.3, -0.25) is 0 Å². The second-order valence-corrected chi connectivity index (χ2v) is 3.41. The summed E-state index contributed by atoms with van der Waals surface area (Å²) >= 11 is 0. The van der Waals surface area contributed by atoms with Crippen LogP contribution in [0.1, 0.15) is 11.1 Å². The van der Waals surface area contributed by atoms with E-state index in [9.17, 15) is 13.2 Å². The molecule has 1 N–H and O–H groups in total. The minimum absolute atomic E-state index is 0.0985. The van der Waals surface area contributed by atoms with Crippen molar-refractivity contribution in [3.8, 4) is 6.07 Å². The van der Waals surface area contributed by atoms with E-state index in [0.29, 0.717) is 16.5 Å². The highest BCUT2D eigenvalue weighted by Gasteiger charge is 2.30. The Morgan fingerprint density at radius 3 is 2.69 bits per heavy atom. The van der Waals surface area contributed by atoms with Crippen LogP contribution in [0.4, 0.5) is 13.2 Å². The van der Waals surface area contributed by atoms with E-state index in [1.54, 1.807) is 6.20 Å². The number of benzene rings is 1. The average molecular weight is 224 g/mol. The van der Waals surface area contributed by atoms with Gasteiger partial charge in [-0.2, -0.15) is 18.4 Å². The molecule has 0 radical (unpaired) electrons. The summed E-state index contributed by atoms with van der Waals surface area (Å²) in [4.78, 5) is 2.83. The third-order valence-electron chi connectivity index (χ3n) is 2.36. The molecule has 1 aromatic heterocycles. The molecular formula is C11H7F3N2. The van der Waals surface area contributed by atoms with E-state index in [-0.39, 0.29) is 6.42 Å². The lowest BCUT2D eigenvalue weighted by molar-refractivity contribution is -0.137. The standard InChI is InChI=1S/C11H7F3N2/c12-11(13,14)8-1-2-10-9(5-8)7(3-4-15)6-16-10/h1-2,5-6,16H,3H2. The van der Waals surface area contributed by atoms with Gasteiger partial charge in [-0.15, -0.1) is 0 Å². The van der Waals surface area contributed by atoms with Gasteiger partial charge >= 0.3 is 6.18 Å². The first-order valence-corrected chi connectivity index (χ1v) is 4.56. The number of H-pyrrole nitrogens is 1. The first-order valence-electron chi connectivity index (χ1n) is 4.56. The zero-order valence-corrected chi connectivity index (χ0v) is 8.10. The van der Waals surface area contributed by atoms with E-state index in [4.69, 9.17) is 5.26 Å². The molecule has 2 aromatic rings. The minimum atomic E-state index is -4.35. The molecule has 0 saturated heterocycles. The van der Waals surface area contributed by atoms with E-state index >= 15 is 0 Å². The summed E-state index contributed by atoms with van der Waals surface area (Å²) in [5.74, 6) is 0. The molecule has 0 saturated carbocycles. The molecule has 1 aromatic carbocycles. The molecule has 0 amide bonds. The first kappa shape index (κ1) is 10.6. The van der Waals surface area contributed by atoms with Gasteiger partial charge in [0.1, 0.15) is 0 Å². The SMILES string of the molecule is N#CCc1c[nH]c2ccc(C(F)(F)F)cc12. The van der Waals surface area contributed by atoms with Crippen LogP contribution in [0, 0.1) is 11.3 Å². The summed E-state index contributed by atoms with van der Waals surface area (Å²) in [5.41, 5.74) is 0.501. The van der Waals surface area contributed by atoms with Gasteiger partial charge in [-0.1, -0.05) is 0 Å². The molecule has 1 heterocycles. The molecule has 0 bridgehead atoms. The molecule has 16 heavy (non-hydrogen) atoms. The van der Waals surface area contributed by atoms with Gasteiger partial charge in [0.25, 0.3) is 0 Å². The lowest BCUT2D eigenvalue weighted by Gasteiger charge is -2.06. The number of halogens is 3. The van der Waals surface area contributed by atoms with Gasteiger partial charge in [-0.05, 0) is 23.8 Å². The molecule has 0 aliphatic carbocycles. The molecule has 2 nitrogen and oxygen atoms in total. The lowest BCUT2D eigenvalue weighted by atomic mass is 10.1. The van der Waals surface area contributed by atoms with E-state index < -0.39 is 11.7 Å². The van der Waals surface area contributed by atoms with Crippen molar-refractivity contribution in [1.29, 1.82) is 5.26 Å². The lowest BCUT2D eigenvalue weighted by Crippen LogP contribution is -2.04. The van der Waals surface area contributed by atoms with Crippen molar-refractivity contribution >= 4 is 10.9 Å². The number of fused-ring (bicyclic) bond motifs is 1. The number of hydrogen-bond acceptors (Lipinski definition) is 1. The Morgan fingerprint density at radius 2 is 2.06 bits per heavy atom. The van der Waals surface area contributed by atoms with E-state index in [0.717, 1.165) is 12.1 Å². The van der Waals surface area contributed by atoms with Gasteiger partial charge < -0.3 is 4.98 Å². The highest BCUT2D eigenvalue weighted by Crippen LogP contribution is 2.32. The molecule has 0 aliphatic rings. The Balaban J connectivity index is 2.60. The number of nitrogens with zero attached hydrogens (tertiary/aromatic N) is 1. The van der Waals surface area contributed by atoms with Crippen molar-refractivity contribution in [2.24, 2.45) is 0 Å². The van der Waals surface area contributed by atoms with Gasteiger partial charge in [0.05, 0.1) is 18.1 Å². The Kier molecular flexibility index (Phi) is 2.35. The smallest absolute Gasteiger partial charge is 0.361 e. The maximum absolute atomic E-state index is 12.5. The number of alkyl halides is 3. The predicted octanol–water partition coefficient (Wildman–Crippen LogP) is 3.25. The Morgan fingerprint density at radius 1 is 1.31 bits per heavy atom. The minimum Gasteiger partial charge on any atom is -0.361 e. The second-order valence-electron chi connectivity index (χ2n) is 3.41. The van der Waals surface area contributed by atoms with E-state index in [2.05, 4.69) is 4.98 Å². The van der Waals surface area contributed by atoms with Crippen molar-refractivity contribution < 1.29 is 13.2 Å². The van der Waals surface area contributed by atoms with Crippen LogP contribution in [0.5, 0.6) is 0 Å². The molecule has 0 aliphatic heterocycles. The van der Waals surface area contributed by atoms with Crippen LogP contribution in [0.2, 0.25) is 0 Å². The summed E-state index contributed by atoms with van der Waals surface area (Å²) in [5, 5.41) is 9.00. The van der Waals surface area contributed by atoms with Gasteiger partial charge in [0.15, 0.2) is 0 Å². The second kappa shape index (κ2) is 3.56. The maximum Gasteiger partial charge on any atom is 0.416 e. The predicted molar refractivity (Wildman–Crippen MR) is 52.6 cm³/mol. The van der Waals surface area contributed by atoms with Crippen molar-refractivity contribution in [2.45, 2.75) is 12.6 Å². The highest BCUT2D eigenvalue weighted by molar-refractivity contribution is 5.84. The Bertz CT molecular complexity index is 561. The third-order valence-corrected chi connectivity index (χ3v) is 2.36. The van der Waals surface area contributed by atoms with Crippen LogP contribution in [0.15, 0.2) is 24.4 Å². The fourth-order valence-corrected chi connectivity index (χ4v) is 1.59. The van der Waals surface area contributed by atoms with Crippen LogP contribution in [0.25, 0.3) is 10.9 Å². The summed E-state index contributed by atoms with van der Waals surface area (Å²) in [6.45, 7) is 0. The summed E-state index contributed by atoms with van der Waals surface area (Å²) in [6, 6.07) is 5.38. The summed E-state index contributed by atoms with van der Waals surface area (Å²) < 4.78 is 37.4. The van der Waals surface area contributed by atoms with Crippen molar-refractivity contribution in [1.82, 2.24) is 4.98 Å². The monoisotopic (exact) mass is 224 g/mol. The molecule has 5 heteroatoms. The number of aromatic nitrogens is 1. The maximum atomic E-state index is 12.5. The van der Waals surface area contributed by atoms with E-state index in [1.807, 2.05) is 6.07 Å². The van der Waals surface area contributed by atoms with Gasteiger partial charge in [-0.25, -0.2) is 0 Å². The van der Waals surface area contributed by atoms with Crippen LogP contribution in [-0.4, -0.2) is 4.98 Å². The fourth-order valence-electron chi connectivity index (χ4n) is 1.59. The van der Waals surface area contributed by atoms with Crippen molar-refractivity contribution in [3.05, 3.63) is 35.5 Å². The zero-order chi connectivity index (χ0) is 11.8. The topological polar surface area (TPSA) is 39.6 Å². The van der Waals surface area contributed by atoms with Crippen molar-refractivity contribution in [2.75, 3.05) is 0 Å². The first-order chi connectivity index (χ1) is 7.52. The molecule has 2 rings (SSSR count). The summed E-state index contributed by atoms with van der Waals surface area (Å²) in [6.07, 6.45) is -2.69. The number of nitriles is 1. The van der Waals surface area contributed by atoms with Gasteiger partial charge in [0, 0.05) is 17.1 Å². The normalized spacial score (nSPS) is 11.6. The largest absolute Gasteiger partial charge is 0.416 e. The summed E-state index contributed by atoms with van der Waals surface area (Å²) in [7, 11) is 0. The van der Waals surface area contributed by atoms with Crippen LogP contribution < -0.4 is 0 Å². The highest BCUT2D eigenvalue weighted by atomic mass is 19.4. The number of nitrogens with one attached hydrogen (secondary N) is 1.